The summed E-state index contributed by atoms with van der Waals surface area (Å²) in [6.45, 7) is 4.81. The Bertz CT molecular complexity index is 513. The Balaban J connectivity index is 1.98. The number of amides is 2. The molecule has 21 heavy (non-hydrogen) atoms. The molecule has 0 radical (unpaired) electrons. The Morgan fingerprint density at radius 2 is 2.00 bits per heavy atom. The highest BCUT2D eigenvalue weighted by Gasteiger charge is 2.36. The monoisotopic (exact) mass is 290 g/mol. The van der Waals surface area contributed by atoms with Crippen LogP contribution >= 0.6 is 0 Å². The maximum Gasteiger partial charge on any atom is 0.326 e. The van der Waals surface area contributed by atoms with E-state index in [2.05, 4.69) is 5.32 Å². The first-order chi connectivity index (χ1) is 9.99. The van der Waals surface area contributed by atoms with Gasteiger partial charge in [0.05, 0.1) is 0 Å². The number of hydrogen-bond acceptors (Lipinski definition) is 2. The van der Waals surface area contributed by atoms with Crippen molar-refractivity contribution in [2.75, 3.05) is 6.54 Å². The first-order valence-electron chi connectivity index (χ1n) is 7.32. The number of aryl methyl sites for hydroxylation is 1. The number of piperidine rings is 1. The second-order valence-corrected chi connectivity index (χ2v) is 5.74. The molecule has 0 aliphatic carbocycles. The van der Waals surface area contributed by atoms with Gasteiger partial charge in [-0.25, -0.2) is 9.59 Å². The van der Waals surface area contributed by atoms with Gasteiger partial charge in [-0.3, -0.25) is 0 Å². The van der Waals surface area contributed by atoms with Gasteiger partial charge in [-0.05, 0) is 31.2 Å². The molecule has 1 aromatic carbocycles. The SMILES string of the molecule is Cc1ccc(CNC(=O)N2CCCC(C)C2C(=O)O)cc1. The van der Waals surface area contributed by atoms with E-state index in [1.54, 1.807) is 0 Å². The van der Waals surface area contributed by atoms with E-state index in [-0.39, 0.29) is 11.9 Å². The summed E-state index contributed by atoms with van der Waals surface area (Å²) < 4.78 is 0. The number of carboxylic acids is 1. The molecule has 114 valence electrons. The predicted octanol–water partition coefficient (Wildman–Crippen LogP) is 2.39. The highest BCUT2D eigenvalue weighted by molar-refractivity contribution is 5.83. The smallest absolute Gasteiger partial charge is 0.326 e. The summed E-state index contributed by atoms with van der Waals surface area (Å²) in [5.74, 6) is -0.936. The number of urea groups is 1. The van der Waals surface area contributed by atoms with Crippen LogP contribution in [-0.4, -0.2) is 34.6 Å². The summed E-state index contributed by atoms with van der Waals surface area (Å²) in [6.07, 6.45) is 1.70. The summed E-state index contributed by atoms with van der Waals surface area (Å²) in [7, 11) is 0. The molecule has 2 atom stereocenters. The minimum Gasteiger partial charge on any atom is -0.480 e. The lowest BCUT2D eigenvalue weighted by Crippen LogP contribution is -2.54. The van der Waals surface area contributed by atoms with Gasteiger partial charge in [-0.2, -0.15) is 0 Å². The van der Waals surface area contributed by atoms with E-state index < -0.39 is 12.0 Å². The van der Waals surface area contributed by atoms with Crippen LogP contribution in [0.3, 0.4) is 0 Å². The van der Waals surface area contributed by atoms with Gasteiger partial charge in [0, 0.05) is 13.1 Å². The van der Waals surface area contributed by atoms with Crippen molar-refractivity contribution in [2.24, 2.45) is 5.92 Å². The number of carbonyl (C=O) groups is 2. The second kappa shape index (κ2) is 6.61. The average molecular weight is 290 g/mol. The molecule has 0 bridgehead atoms. The molecule has 1 aliphatic heterocycles. The quantitative estimate of drug-likeness (QED) is 0.898. The van der Waals surface area contributed by atoms with Crippen LogP contribution in [0.15, 0.2) is 24.3 Å². The van der Waals surface area contributed by atoms with Crippen LogP contribution in [0.5, 0.6) is 0 Å². The lowest BCUT2D eigenvalue weighted by molar-refractivity contribution is -0.145. The standard InChI is InChI=1S/C16H22N2O3/c1-11-5-7-13(8-6-11)10-17-16(21)18-9-3-4-12(2)14(18)15(19)20/h5-8,12,14H,3-4,9-10H2,1-2H3,(H,17,21)(H,19,20). The molecule has 0 spiro atoms. The van der Waals surface area contributed by atoms with E-state index in [0.29, 0.717) is 13.1 Å². The fourth-order valence-corrected chi connectivity index (χ4v) is 2.78. The summed E-state index contributed by atoms with van der Waals surface area (Å²) in [5, 5.41) is 12.1. The maximum atomic E-state index is 12.3. The number of benzene rings is 1. The average Bonchev–Trinajstić information content (AvgIpc) is 2.45. The summed E-state index contributed by atoms with van der Waals surface area (Å²) >= 11 is 0. The number of rotatable bonds is 3. The number of nitrogens with one attached hydrogen (secondary N) is 1. The topological polar surface area (TPSA) is 69.6 Å². The van der Waals surface area contributed by atoms with Gasteiger partial charge in [0.2, 0.25) is 0 Å². The Morgan fingerprint density at radius 1 is 1.33 bits per heavy atom. The fourth-order valence-electron chi connectivity index (χ4n) is 2.78. The van der Waals surface area contributed by atoms with E-state index in [4.69, 9.17) is 0 Å². The normalized spacial score (nSPS) is 21.9. The highest BCUT2D eigenvalue weighted by atomic mass is 16.4. The van der Waals surface area contributed by atoms with Crippen LogP contribution in [0.2, 0.25) is 0 Å². The maximum absolute atomic E-state index is 12.3. The molecule has 5 heteroatoms. The molecular formula is C16H22N2O3. The number of nitrogens with zero attached hydrogens (tertiary/aromatic N) is 1. The van der Waals surface area contributed by atoms with Gasteiger partial charge in [-0.1, -0.05) is 36.8 Å². The number of carbonyl (C=O) groups excluding carboxylic acids is 1. The molecule has 2 rings (SSSR count). The molecule has 2 unspecified atom stereocenters. The molecule has 2 N–H and O–H groups in total. The van der Waals surface area contributed by atoms with Crippen molar-refractivity contribution in [3.63, 3.8) is 0 Å². The Hall–Kier alpha value is -2.04. The van der Waals surface area contributed by atoms with E-state index in [1.165, 1.54) is 10.5 Å². The van der Waals surface area contributed by atoms with Crippen LogP contribution in [0, 0.1) is 12.8 Å². The minimum atomic E-state index is -0.923. The fraction of sp³-hybridized carbons (Fsp3) is 0.500. The Morgan fingerprint density at radius 3 is 2.62 bits per heavy atom. The summed E-state index contributed by atoms with van der Waals surface area (Å²) in [4.78, 5) is 25.1. The van der Waals surface area contributed by atoms with E-state index >= 15 is 0 Å². The molecule has 1 fully saturated rings. The van der Waals surface area contributed by atoms with Gasteiger partial charge < -0.3 is 15.3 Å². The Labute approximate surface area is 125 Å². The van der Waals surface area contributed by atoms with Crippen LogP contribution in [0.4, 0.5) is 4.79 Å². The predicted molar refractivity (Wildman–Crippen MR) is 79.9 cm³/mol. The zero-order valence-electron chi connectivity index (χ0n) is 12.5. The third-order valence-electron chi connectivity index (χ3n) is 4.01. The van der Waals surface area contributed by atoms with Crippen molar-refractivity contribution in [1.29, 1.82) is 0 Å². The zero-order valence-corrected chi connectivity index (χ0v) is 12.5. The number of hydrogen-bond donors (Lipinski definition) is 2. The van der Waals surface area contributed by atoms with Crippen molar-refractivity contribution in [3.8, 4) is 0 Å². The van der Waals surface area contributed by atoms with Crippen molar-refractivity contribution in [2.45, 2.75) is 39.3 Å². The second-order valence-electron chi connectivity index (χ2n) is 5.74. The largest absolute Gasteiger partial charge is 0.480 e. The lowest BCUT2D eigenvalue weighted by atomic mass is 9.91. The summed E-state index contributed by atoms with van der Waals surface area (Å²) in [5.41, 5.74) is 2.17. The van der Waals surface area contributed by atoms with Crippen molar-refractivity contribution in [1.82, 2.24) is 10.2 Å². The van der Waals surface area contributed by atoms with Gasteiger partial charge >= 0.3 is 12.0 Å². The van der Waals surface area contributed by atoms with E-state index in [9.17, 15) is 14.7 Å². The highest BCUT2D eigenvalue weighted by Crippen LogP contribution is 2.23. The van der Waals surface area contributed by atoms with Crippen LogP contribution in [-0.2, 0) is 11.3 Å². The molecule has 1 heterocycles. The van der Waals surface area contributed by atoms with Crippen molar-refractivity contribution < 1.29 is 14.7 Å². The number of likely N-dealkylation sites (tertiary alicyclic amines) is 1. The molecule has 0 aromatic heterocycles. The molecular weight excluding hydrogens is 268 g/mol. The van der Waals surface area contributed by atoms with Crippen molar-refractivity contribution in [3.05, 3.63) is 35.4 Å². The molecule has 1 aromatic rings. The van der Waals surface area contributed by atoms with Crippen LogP contribution in [0.25, 0.3) is 0 Å². The molecule has 1 aliphatic rings. The third-order valence-corrected chi connectivity index (χ3v) is 4.01. The van der Waals surface area contributed by atoms with Gasteiger partial charge in [0.25, 0.3) is 0 Å². The van der Waals surface area contributed by atoms with Gasteiger partial charge in [-0.15, -0.1) is 0 Å². The summed E-state index contributed by atoms with van der Waals surface area (Å²) in [6, 6.07) is 6.88. The van der Waals surface area contributed by atoms with Crippen LogP contribution in [0.1, 0.15) is 30.9 Å². The van der Waals surface area contributed by atoms with E-state index in [1.807, 2.05) is 38.1 Å². The number of carboxylic acid groups (broad SMARTS) is 1. The van der Waals surface area contributed by atoms with E-state index in [0.717, 1.165) is 18.4 Å². The molecule has 0 saturated carbocycles. The molecule has 1 saturated heterocycles. The first kappa shape index (κ1) is 15.4. The first-order valence-corrected chi connectivity index (χ1v) is 7.32. The number of aliphatic carboxylic acids is 1. The third kappa shape index (κ3) is 3.74. The van der Waals surface area contributed by atoms with Crippen molar-refractivity contribution >= 4 is 12.0 Å². The van der Waals surface area contributed by atoms with Gasteiger partial charge in [0.15, 0.2) is 0 Å². The zero-order chi connectivity index (χ0) is 15.4. The lowest BCUT2D eigenvalue weighted by Gasteiger charge is -2.37. The van der Waals surface area contributed by atoms with Crippen LogP contribution < -0.4 is 5.32 Å². The van der Waals surface area contributed by atoms with Gasteiger partial charge in [0.1, 0.15) is 6.04 Å². The molecule has 2 amide bonds. The Kier molecular flexibility index (Phi) is 4.83. The minimum absolute atomic E-state index is 0.0126. The molecule has 5 nitrogen and oxygen atoms in total.